The minimum atomic E-state index is -0.366. The van der Waals surface area contributed by atoms with Gasteiger partial charge in [-0.2, -0.15) is 10.4 Å². The van der Waals surface area contributed by atoms with Crippen LogP contribution < -0.4 is 0 Å². The maximum Gasteiger partial charge on any atom is 0.124 e. The van der Waals surface area contributed by atoms with Crippen molar-refractivity contribution < 1.29 is 4.39 Å². The first-order chi connectivity index (χ1) is 11.9. The van der Waals surface area contributed by atoms with Gasteiger partial charge in [-0.15, -0.1) is 0 Å². The lowest BCUT2D eigenvalue weighted by atomic mass is 10.0. The van der Waals surface area contributed by atoms with Crippen LogP contribution in [0.3, 0.4) is 0 Å². The highest BCUT2D eigenvalue weighted by molar-refractivity contribution is 6.32. The summed E-state index contributed by atoms with van der Waals surface area (Å²) >= 11 is 12.3. The van der Waals surface area contributed by atoms with Crippen molar-refractivity contribution in [2.24, 2.45) is 0 Å². The van der Waals surface area contributed by atoms with Crippen molar-refractivity contribution in [3.05, 3.63) is 74.8 Å². The highest BCUT2D eigenvalue weighted by Gasteiger charge is 2.16. The van der Waals surface area contributed by atoms with Crippen LogP contribution in [-0.4, -0.2) is 9.78 Å². The number of rotatable bonds is 3. The summed E-state index contributed by atoms with van der Waals surface area (Å²) in [6.45, 7) is 4.31. The van der Waals surface area contributed by atoms with Crippen LogP contribution in [-0.2, 0) is 6.54 Å². The van der Waals surface area contributed by atoms with Crippen molar-refractivity contribution in [1.29, 1.82) is 5.26 Å². The summed E-state index contributed by atoms with van der Waals surface area (Å²) in [6, 6.07) is 11.7. The van der Waals surface area contributed by atoms with E-state index in [0.29, 0.717) is 22.2 Å². The molecule has 1 aromatic heterocycles. The topological polar surface area (TPSA) is 41.6 Å². The Balaban J connectivity index is 2.01. The Morgan fingerprint density at radius 2 is 1.88 bits per heavy atom. The lowest BCUT2D eigenvalue weighted by molar-refractivity contribution is 0.622. The van der Waals surface area contributed by atoms with Crippen molar-refractivity contribution in [1.82, 2.24) is 9.78 Å². The van der Waals surface area contributed by atoms with E-state index in [9.17, 15) is 4.39 Å². The molecule has 3 aromatic rings. The van der Waals surface area contributed by atoms with Crippen molar-refractivity contribution >= 4 is 23.2 Å². The van der Waals surface area contributed by atoms with Gasteiger partial charge in [0.05, 0.1) is 22.8 Å². The van der Waals surface area contributed by atoms with E-state index in [0.717, 1.165) is 28.1 Å². The molecule has 0 spiro atoms. The number of nitrogens with zero attached hydrogens (tertiary/aromatic N) is 3. The van der Waals surface area contributed by atoms with Crippen molar-refractivity contribution in [2.45, 2.75) is 20.4 Å². The normalized spacial score (nSPS) is 10.7. The average molecular weight is 374 g/mol. The molecule has 0 amide bonds. The monoisotopic (exact) mass is 373 g/mol. The van der Waals surface area contributed by atoms with Crippen molar-refractivity contribution in [3.8, 4) is 17.2 Å². The summed E-state index contributed by atoms with van der Waals surface area (Å²) in [5.74, 6) is -0.366. The smallest absolute Gasteiger partial charge is 0.124 e. The molecule has 0 fully saturated rings. The van der Waals surface area contributed by atoms with E-state index in [2.05, 4.69) is 11.2 Å². The average Bonchev–Trinajstić information content (AvgIpc) is 2.84. The molecule has 25 heavy (non-hydrogen) atoms. The van der Waals surface area contributed by atoms with Crippen LogP contribution in [0.4, 0.5) is 4.39 Å². The van der Waals surface area contributed by atoms with Crippen LogP contribution in [0.25, 0.3) is 11.1 Å². The Kier molecular flexibility index (Phi) is 4.80. The molecule has 0 bridgehead atoms. The van der Waals surface area contributed by atoms with Gasteiger partial charge in [-0.05, 0) is 49.2 Å². The number of hydrogen-bond acceptors (Lipinski definition) is 2. The molecule has 3 rings (SSSR count). The molecule has 126 valence electrons. The van der Waals surface area contributed by atoms with E-state index < -0.39 is 0 Å². The Labute approximate surface area is 155 Å². The molecule has 0 saturated heterocycles. The Morgan fingerprint density at radius 1 is 1.12 bits per heavy atom. The molecule has 0 saturated carbocycles. The van der Waals surface area contributed by atoms with Gasteiger partial charge in [0.15, 0.2) is 0 Å². The van der Waals surface area contributed by atoms with E-state index in [4.69, 9.17) is 28.5 Å². The van der Waals surface area contributed by atoms with Gasteiger partial charge < -0.3 is 0 Å². The molecule has 0 aliphatic heterocycles. The standard InChI is InChI=1S/C19H14Cl2FN3/c1-11-19(13-3-4-14(9-23)17(20)7-13)12(2)25(24-11)10-15-5-6-16(22)8-18(15)21/h3-8H,10H2,1-2H3. The minimum absolute atomic E-state index is 0.366. The first kappa shape index (κ1) is 17.5. The zero-order valence-corrected chi connectivity index (χ0v) is 15.2. The van der Waals surface area contributed by atoms with E-state index in [1.165, 1.54) is 12.1 Å². The number of hydrogen-bond donors (Lipinski definition) is 0. The van der Waals surface area contributed by atoms with Crippen LogP contribution >= 0.6 is 23.2 Å². The molecule has 0 radical (unpaired) electrons. The highest BCUT2D eigenvalue weighted by Crippen LogP contribution is 2.31. The van der Waals surface area contributed by atoms with Crippen molar-refractivity contribution in [2.75, 3.05) is 0 Å². The van der Waals surface area contributed by atoms with Gasteiger partial charge in [-0.25, -0.2) is 4.39 Å². The molecule has 3 nitrogen and oxygen atoms in total. The van der Waals surface area contributed by atoms with Gasteiger partial charge in [-0.3, -0.25) is 4.68 Å². The largest absolute Gasteiger partial charge is 0.264 e. The highest BCUT2D eigenvalue weighted by atomic mass is 35.5. The minimum Gasteiger partial charge on any atom is -0.264 e. The van der Waals surface area contributed by atoms with Crippen LogP contribution in [0.15, 0.2) is 36.4 Å². The van der Waals surface area contributed by atoms with Gasteiger partial charge >= 0.3 is 0 Å². The molecule has 1 heterocycles. The Hall–Kier alpha value is -2.35. The van der Waals surface area contributed by atoms with E-state index in [-0.39, 0.29) is 5.82 Å². The molecule has 0 atom stereocenters. The number of nitriles is 1. The number of benzene rings is 2. The maximum absolute atomic E-state index is 13.2. The molecule has 6 heteroatoms. The quantitative estimate of drug-likeness (QED) is 0.605. The zero-order chi connectivity index (χ0) is 18.1. The van der Waals surface area contributed by atoms with Gasteiger partial charge in [0.25, 0.3) is 0 Å². The second-order valence-corrected chi connectivity index (χ2v) is 6.56. The first-order valence-corrected chi connectivity index (χ1v) is 8.34. The number of aromatic nitrogens is 2. The van der Waals surface area contributed by atoms with Gasteiger partial charge in [0.2, 0.25) is 0 Å². The zero-order valence-electron chi connectivity index (χ0n) is 13.6. The summed E-state index contributed by atoms with van der Waals surface area (Å²) in [5.41, 5.74) is 4.87. The Morgan fingerprint density at radius 3 is 2.52 bits per heavy atom. The van der Waals surface area contributed by atoms with Crippen LogP contribution in [0.2, 0.25) is 10.0 Å². The van der Waals surface area contributed by atoms with Crippen molar-refractivity contribution in [3.63, 3.8) is 0 Å². The summed E-state index contributed by atoms with van der Waals surface area (Å²) in [7, 11) is 0. The summed E-state index contributed by atoms with van der Waals surface area (Å²) in [4.78, 5) is 0. The molecule has 0 aliphatic carbocycles. The first-order valence-electron chi connectivity index (χ1n) is 7.58. The van der Waals surface area contributed by atoms with Gasteiger partial charge in [-0.1, -0.05) is 35.3 Å². The molecule has 2 aromatic carbocycles. The maximum atomic E-state index is 13.2. The van der Waals surface area contributed by atoms with Crippen LogP contribution in [0.5, 0.6) is 0 Å². The number of halogens is 3. The molecule has 0 aliphatic rings. The van der Waals surface area contributed by atoms with Crippen LogP contribution in [0.1, 0.15) is 22.5 Å². The van der Waals surface area contributed by atoms with Crippen LogP contribution in [0, 0.1) is 31.0 Å². The second kappa shape index (κ2) is 6.87. The SMILES string of the molecule is Cc1nn(Cc2ccc(F)cc2Cl)c(C)c1-c1ccc(C#N)c(Cl)c1. The fourth-order valence-corrected chi connectivity index (χ4v) is 3.29. The molecular formula is C19H14Cl2FN3. The van der Waals surface area contributed by atoms with Gasteiger partial charge in [0, 0.05) is 16.3 Å². The fraction of sp³-hybridized carbons (Fsp3) is 0.158. The molecular weight excluding hydrogens is 360 g/mol. The second-order valence-electron chi connectivity index (χ2n) is 5.75. The van der Waals surface area contributed by atoms with Gasteiger partial charge in [0.1, 0.15) is 11.9 Å². The lowest BCUT2D eigenvalue weighted by Gasteiger charge is -2.08. The number of aryl methyl sites for hydroxylation is 1. The third-order valence-corrected chi connectivity index (χ3v) is 4.76. The Bertz CT molecular complexity index is 1000. The third-order valence-electron chi connectivity index (χ3n) is 4.09. The van der Waals surface area contributed by atoms with E-state index in [1.807, 2.05) is 24.6 Å². The van der Waals surface area contributed by atoms with E-state index in [1.54, 1.807) is 18.2 Å². The summed E-state index contributed by atoms with van der Waals surface area (Å²) < 4.78 is 15.0. The lowest BCUT2D eigenvalue weighted by Crippen LogP contribution is -2.04. The predicted octanol–water partition coefficient (Wildman–Crippen LogP) is 5.53. The summed E-state index contributed by atoms with van der Waals surface area (Å²) in [6.07, 6.45) is 0. The molecule has 0 N–H and O–H groups in total. The summed E-state index contributed by atoms with van der Waals surface area (Å²) in [5, 5.41) is 14.4. The third kappa shape index (κ3) is 3.39. The molecule has 0 unspecified atom stereocenters. The fourth-order valence-electron chi connectivity index (χ4n) is 2.84. The predicted molar refractivity (Wildman–Crippen MR) is 97.4 cm³/mol. The van der Waals surface area contributed by atoms with E-state index >= 15 is 0 Å².